The molecule has 3 aliphatic heterocycles. The Bertz CT molecular complexity index is 1850. The molecule has 2 saturated heterocycles. The molecule has 10 nitrogen and oxygen atoms in total. The Labute approximate surface area is 302 Å². The molecule has 51 heavy (non-hydrogen) atoms. The van der Waals surface area contributed by atoms with E-state index in [4.69, 9.17) is 9.47 Å². The fourth-order valence-electron chi connectivity index (χ4n) is 8.20. The maximum atomic E-state index is 14.1. The third-order valence-electron chi connectivity index (χ3n) is 11.0. The van der Waals surface area contributed by atoms with Gasteiger partial charge in [-0.15, -0.1) is 0 Å². The molecule has 6 rings (SSSR count). The first kappa shape index (κ1) is 36.6. The quantitative estimate of drug-likeness (QED) is 0.286. The highest BCUT2D eigenvalue weighted by Gasteiger charge is 2.47. The molecule has 2 amide bonds. The van der Waals surface area contributed by atoms with Gasteiger partial charge >= 0.3 is 6.09 Å². The van der Waals surface area contributed by atoms with Gasteiger partial charge in [0.15, 0.2) is 0 Å². The minimum absolute atomic E-state index is 0.123. The standard InChI is InChI=1S/C41H55N5O5/c1-9-45(31-12-18-50-19-13-31)35-23-30(21-32(28(35)4)37(47)42-24-33-26(2)20-27(3)43-38(33)48)29-10-11-34-36(22-29)46(39(49)51-40(5,6)7)25-41(34)14-16-44(8)17-15-41/h10-11,20-23,31H,9,12-19,24-25H2,1-8H3,(H,42,47)(H,43,48). The highest BCUT2D eigenvalue weighted by molar-refractivity contribution is 5.99. The maximum Gasteiger partial charge on any atom is 0.414 e. The van der Waals surface area contributed by atoms with Gasteiger partial charge in [-0.2, -0.15) is 0 Å². The van der Waals surface area contributed by atoms with Crippen LogP contribution in [0.3, 0.4) is 0 Å². The van der Waals surface area contributed by atoms with E-state index in [0.717, 1.165) is 84.6 Å². The lowest BCUT2D eigenvalue weighted by atomic mass is 9.74. The van der Waals surface area contributed by atoms with Gasteiger partial charge < -0.3 is 29.6 Å². The highest BCUT2D eigenvalue weighted by atomic mass is 16.6. The first-order valence-electron chi connectivity index (χ1n) is 18.5. The second kappa shape index (κ2) is 14.5. The Morgan fingerprint density at radius 2 is 1.75 bits per heavy atom. The van der Waals surface area contributed by atoms with E-state index < -0.39 is 5.60 Å². The van der Waals surface area contributed by atoms with Crippen LogP contribution in [-0.4, -0.2) is 80.0 Å². The van der Waals surface area contributed by atoms with E-state index in [1.54, 1.807) is 0 Å². The molecule has 0 aliphatic carbocycles. The number of fused-ring (bicyclic) bond motifs is 2. The van der Waals surface area contributed by atoms with Crippen molar-refractivity contribution in [1.29, 1.82) is 0 Å². The summed E-state index contributed by atoms with van der Waals surface area (Å²) < 4.78 is 11.7. The first-order valence-corrected chi connectivity index (χ1v) is 18.5. The number of anilines is 2. The first-order chi connectivity index (χ1) is 24.2. The van der Waals surface area contributed by atoms with Crippen molar-refractivity contribution in [3.63, 3.8) is 0 Å². The predicted molar refractivity (Wildman–Crippen MR) is 203 cm³/mol. The molecule has 0 radical (unpaired) electrons. The van der Waals surface area contributed by atoms with Gasteiger partial charge in [0.2, 0.25) is 0 Å². The average molecular weight is 698 g/mol. The molecule has 10 heteroatoms. The summed E-state index contributed by atoms with van der Waals surface area (Å²) in [5, 5.41) is 3.06. The van der Waals surface area contributed by atoms with Gasteiger partial charge in [-0.1, -0.05) is 12.1 Å². The van der Waals surface area contributed by atoms with Crippen LogP contribution in [0.1, 0.15) is 91.7 Å². The zero-order valence-corrected chi connectivity index (χ0v) is 31.7. The molecule has 1 spiro atoms. The maximum absolute atomic E-state index is 14.1. The molecule has 2 aromatic carbocycles. The van der Waals surface area contributed by atoms with Crippen molar-refractivity contribution in [3.05, 3.63) is 80.3 Å². The Hall–Kier alpha value is -4.15. The molecular formula is C41H55N5O5. The van der Waals surface area contributed by atoms with E-state index in [-0.39, 0.29) is 35.6 Å². The number of nitrogens with zero attached hydrogens (tertiary/aromatic N) is 3. The van der Waals surface area contributed by atoms with Gasteiger partial charge in [0.05, 0.1) is 5.69 Å². The number of aromatic nitrogens is 1. The summed E-state index contributed by atoms with van der Waals surface area (Å²) in [6.45, 7) is 18.5. The third kappa shape index (κ3) is 7.58. The van der Waals surface area contributed by atoms with Crippen molar-refractivity contribution in [1.82, 2.24) is 15.2 Å². The zero-order valence-electron chi connectivity index (χ0n) is 31.7. The topological polar surface area (TPSA) is 107 Å². The fraction of sp³-hybridized carbons (Fsp3) is 0.537. The summed E-state index contributed by atoms with van der Waals surface area (Å²) in [6.07, 6.45) is 3.42. The molecule has 0 bridgehead atoms. The van der Waals surface area contributed by atoms with Gasteiger partial charge in [0, 0.05) is 66.8 Å². The summed E-state index contributed by atoms with van der Waals surface area (Å²) in [6, 6.07) is 12.8. The van der Waals surface area contributed by atoms with Crippen LogP contribution in [0.15, 0.2) is 41.2 Å². The number of aryl methyl sites for hydroxylation is 2. The van der Waals surface area contributed by atoms with E-state index >= 15 is 0 Å². The van der Waals surface area contributed by atoms with Crippen LogP contribution in [0.5, 0.6) is 0 Å². The van der Waals surface area contributed by atoms with Crippen molar-refractivity contribution < 1.29 is 19.1 Å². The summed E-state index contributed by atoms with van der Waals surface area (Å²) in [4.78, 5) is 50.1. The third-order valence-corrected chi connectivity index (χ3v) is 11.0. The van der Waals surface area contributed by atoms with Gasteiger partial charge in [0.1, 0.15) is 5.60 Å². The molecule has 0 saturated carbocycles. The highest BCUT2D eigenvalue weighted by Crippen LogP contribution is 2.49. The lowest BCUT2D eigenvalue weighted by Crippen LogP contribution is -2.45. The van der Waals surface area contributed by atoms with E-state index in [0.29, 0.717) is 30.9 Å². The lowest BCUT2D eigenvalue weighted by Gasteiger charge is -2.38. The number of hydrogen-bond acceptors (Lipinski definition) is 7. The van der Waals surface area contributed by atoms with Gasteiger partial charge in [0.25, 0.3) is 11.5 Å². The molecule has 3 aromatic rings. The number of carbonyl (C=O) groups excluding carboxylic acids is 2. The molecule has 0 atom stereocenters. The molecule has 2 N–H and O–H groups in total. The summed E-state index contributed by atoms with van der Waals surface area (Å²) >= 11 is 0. The fourth-order valence-corrected chi connectivity index (χ4v) is 8.20. The SMILES string of the molecule is CCN(c1cc(-c2ccc3c(c2)N(C(=O)OC(C)(C)C)CC32CCN(C)CC2)cc(C(=O)NCc2c(C)cc(C)[nH]c2=O)c1C)C1CCOCC1. The lowest BCUT2D eigenvalue weighted by molar-refractivity contribution is 0.0572. The summed E-state index contributed by atoms with van der Waals surface area (Å²) in [5.41, 5.74) is 7.58. The number of likely N-dealkylation sites (tertiary alicyclic amines) is 1. The van der Waals surface area contributed by atoms with Crippen LogP contribution in [0.25, 0.3) is 11.1 Å². The number of hydrogen-bond donors (Lipinski definition) is 2. The van der Waals surface area contributed by atoms with E-state index in [2.05, 4.69) is 58.3 Å². The van der Waals surface area contributed by atoms with Crippen LogP contribution < -0.4 is 20.7 Å². The summed E-state index contributed by atoms with van der Waals surface area (Å²) in [5.74, 6) is -0.236. The number of rotatable bonds is 7. The minimum Gasteiger partial charge on any atom is -0.443 e. The number of amides is 2. The van der Waals surface area contributed by atoms with Crippen LogP contribution in [0.2, 0.25) is 0 Å². The van der Waals surface area contributed by atoms with E-state index in [1.165, 1.54) is 5.56 Å². The number of benzene rings is 2. The minimum atomic E-state index is -0.624. The van der Waals surface area contributed by atoms with Crippen LogP contribution in [0.4, 0.5) is 16.2 Å². The number of carbonyl (C=O) groups is 2. The largest absolute Gasteiger partial charge is 0.443 e. The Morgan fingerprint density at radius 3 is 2.39 bits per heavy atom. The number of piperidine rings is 1. The van der Waals surface area contributed by atoms with Crippen molar-refractivity contribution in [2.45, 2.75) is 97.8 Å². The number of nitrogens with one attached hydrogen (secondary N) is 2. The van der Waals surface area contributed by atoms with Crippen LogP contribution in [-0.2, 0) is 21.4 Å². The number of pyridine rings is 1. The van der Waals surface area contributed by atoms with E-state index in [1.807, 2.05) is 58.6 Å². The van der Waals surface area contributed by atoms with Gasteiger partial charge in [-0.3, -0.25) is 14.5 Å². The molecule has 274 valence electrons. The van der Waals surface area contributed by atoms with Crippen molar-refractivity contribution >= 4 is 23.4 Å². The van der Waals surface area contributed by atoms with Crippen LogP contribution in [0, 0.1) is 20.8 Å². The monoisotopic (exact) mass is 697 g/mol. The Kier molecular flexibility index (Phi) is 10.4. The molecule has 3 aliphatic rings. The number of aromatic amines is 1. The number of ether oxygens (including phenoxy) is 2. The average Bonchev–Trinajstić information content (AvgIpc) is 3.39. The molecular weight excluding hydrogens is 642 g/mol. The molecule has 1 aromatic heterocycles. The van der Waals surface area contributed by atoms with Gasteiger partial charge in [-0.25, -0.2) is 4.79 Å². The van der Waals surface area contributed by atoms with Crippen molar-refractivity contribution in [3.8, 4) is 11.1 Å². The second-order valence-corrected chi connectivity index (χ2v) is 15.8. The predicted octanol–water partition coefficient (Wildman–Crippen LogP) is 6.62. The Balaban J connectivity index is 1.43. The van der Waals surface area contributed by atoms with Crippen molar-refractivity contribution in [2.75, 3.05) is 56.2 Å². The molecule has 0 unspecified atom stereocenters. The van der Waals surface area contributed by atoms with Crippen molar-refractivity contribution in [2.24, 2.45) is 0 Å². The summed E-state index contributed by atoms with van der Waals surface area (Å²) in [7, 11) is 2.15. The second-order valence-electron chi connectivity index (χ2n) is 15.8. The molecule has 2 fully saturated rings. The zero-order chi connectivity index (χ0) is 36.7. The normalized spacial score (nSPS) is 17.8. The molecule has 4 heterocycles. The Morgan fingerprint density at radius 1 is 1.04 bits per heavy atom. The van der Waals surface area contributed by atoms with Crippen LogP contribution >= 0.6 is 0 Å². The number of H-pyrrole nitrogens is 1. The van der Waals surface area contributed by atoms with E-state index in [9.17, 15) is 14.4 Å². The van der Waals surface area contributed by atoms with Gasteiger partial charge in [-0.05, 0) is 146 Å². The smallest absolute Gasteiger partial charge is 0.414 e.